The van der Waals surface area contributed by atoms with Crippen molar-refractivity contribution in [2.24, 2.45) is 5.73 Å². The van der Waals surface area contributed by atoms with Crippen LogP contribution in [0.1, 0.15) is 18.4 Å². The molecule has 1 saturated heterocycles. The van der Waals surface area contributed by atoms with E-state index in [4.69, 9.17) is 10.5 Å². The van der Waals surface area contributed by atoms with Crippen LogP contribution in [0, 0.1) is 6.92 Å². The molecule has 4 nitrogen and oxygen atoms in total. The minimum Gasteiger partial charge on any atom is -0.410 e. The van der Waals surface area contributed by atoms with Crippen LogP contribution in [0.4, 0.5) is 4.79 Å². The van der Waals surface area contributed by atoms with Gasteiger partial charge in [-0.05, 0) is 37.5 Å². The van der Waals surface area contributed by atoms with Gasteiger partial charge < -0.3 is 15.4 Å². The first-order valence-corrected chi connectivity index (χ1v) is 5.94. The first kappa shape index (κ1) is 11.9. The zero-order valence-electron chi connectivity index (χ0n) is 10.1. The normalized spacial score (nSPS) is 16.9. The zero-order valence-corrected chi connectivity index (χ0v) is 10.1. The number of piperidine rings is 1. The van der Waals surface area contributed by atoms with Gasteiger partial charge in [0.15, 0.2) is 0 Å². The van der Waals surface area contributed by atoms with Gasteiger partial charge in [0.2, 0.25) is 0 Å². The zero-order chi connectivity index (χ0) is 12.3. The summed E-state index contributed by atoms with van der Waals surface area (Å²) in [5.74, 6) is 0.602. The van der Waals surface area contributed by atoms with Crippen molar-refractivity contribution >= 4 is 6.09 Å². The number of carbonyl (C=O) groups excluding carboxylic acids is 1. The Kier molecular flexibility index (Phi) is 3.64. The third-order valence-electron chi connectivity index (χ3n) is 2.99. The fourth-order valence-corrected chi connectivity index (χ4v) is 1.93. The van der Waals surface area contributed by atoms with Crippen molar-refractivity contribution in [1.82, 2.24) is 4.90 Å². The topological polar surface area (TPSA) is 55.6 Å². The van der Waals surface area contributed by atoms with E-state index in [0.717, 1.165) is 18.4 Å². The second kappa shape index (κ2) is 5.19. The molecule has 4 heteroatoms. The van der Waals surface area contributed by atoms with Crippen LogP contribution in [0.5, 0.6) is 5.75 Å². The minimum absolute atomic E-state index is 0.220. The quantitative estimate of drug-likeness (QED) is 0.807. The maximum absolute atomic E-state index is 11.8. The molecule has 0 aromatic heterocycles. The average molecular weight is 234 g/mol. The molecule has 0 aliphatic carbocycles. The maximum Gasteiger partial charge on any atom is 0.415 e. The van der Waals surface area contributed by atoms with Crippen molar-refractivity contribution in [2.75, 3.05) is 13.1 Å². The molecule has 1 aliphatic rings. The van der Waals surface area contributed by atoms with Gasteiger partial charge in [-0.3, -0.25) is 0 Å². The Morgan fingerprint density at radius 1 is 1.41 bits per heavy atom. The Labute approximate surface area is 101 Å². The van der Waals surface area contributed by atoms with Gasteiger partial charge in [0.05, 0.1) is 0 Å². The fraction of sp³-hybridized carbons (Fsp3) is 0.462. The number of rotatable bonds is 1. The van der Waals surface area contributed by atoms with Crippen molar-refractivity contribution < 1.29 is 9.53 Å². The lowest BCUT2D eigenvalue weighted by Crippen LogP contribution is -2.44. The Bertz CT molecular complexity index is 398. The second-order valence-electron chi connectivity index (χ2n) is 4.51. The van der Waals surface area contributed by atoms with Crippen molar-refractivity contribution in [1.29, 1.82) is 0 Å². The van der Waals surface area contributed by atoms with E-state index < -0.39 is 0 Å². The van der Waals surface area contributed by atoms with Crippen LogP contribution in [0.3, 0.4) is 0 Å². The van der Waals surface area contributed by atoms with E-state index in [9.17, 15) is 4.79 Å². The highest BCUT2D eigenvalue weighted by Crippen LogP contribution is 2.15. The molecule has 0 atom stereocenters. The molecule has 0 saturated carbocycles. The molecule has 1 aromatic carbocycles. The number of hydrogen-bond acceptors (Lipinski definition) is 3. The van der Waals surface area contributed by atoms with E-state index in [1.807, 2.05) is 25.1 Å². The predicted molar refractivity (Wildman–Crippen MR) is 66.0 cm³/mol. The van der Waals surface area contributed by atoms with Gasteiger partial charge in [-0.15, -0.1) is 0 Å². The van der Waals surface area contributed by atoms with Gasteiger partial charge in [0.25, 0.3) is 0 Å². The summed E-state index contributed by atoms with van der Waals surface area (Å²) in [5.41, 5.74) is 6.87. The van der Waals surface area contributed by atoms with E-state index in [2.05, 4.69) is 0 Å². The van der Waals surface area contributed by atoms with E-state index in [0.29, 0.717) is 18.8 Å². The van der Waals surface area contributed by atoms with Crippen molar-refractivity contribution in [2.45, 2.75) is 25.8 Å². The van der Waals surface area contributed by atoms with Crippen molar-refractivity contribution in [3.63, 3.8) is 0 Å². The highest BCUT2D eigenvalue weighted by atomic mass is 16.6. The molecule has 0 radical (unpaired) electrons. The molecule has 0 unspecified atom stereocenters. The standard InChI is InChI=1S/C13H18N2O2/c1-10-3-2-4-12(9-10)17-13(16)15-7-5-11(14)6-8-15/h2-4,9,11H,5-8,14H2,1H3. The maximum atomic E-state index is 11.8. The number of nitrogens with two attached hydrogens (primary N) is 1. The third-order valence-corrected chi connectivity index (χ3v) is 2.99. The largest absolute Gasteiger partial charge is 0.415 e. The lowest BCUT2D eigenvalue weighted by Gasteiger charge is -2.29. The van der Waals surface area contributed by atoms with Crippen LogP contribution in [0.15, 0.2) is 24.3 Å². The lowest BCUT2D eigenvalue weighted by atomic mass is 10.1. The van der Waals surface area contributed by atoms with E-state index in [1.54, 1.807) is 11.0 Å². The lowest BCUT2D eigenvalue weighted by molar-refractivity contribution is 0.139. The summed E-state index contributed by atoms with van der Waals surface area (Å²) in [6, 6.07) is 7.72. The van der Waals surface area contributed by atoms with Gasteiger partial charge in [0.1, 0.15) is 5.75 Å². The number of hydrogen-bond donors (Lipinski definition) is 1. The van der Waals surface area contributed by atoms with E-state index >= 15 is 0 Å². The van der Waals surface area contributed by atoms with Gasteiger partial charge in [0, 0.05) is 19.1 Å². The number of ether oxygens (including phenoxy) is 1. The number of likely N-dealkylation sites (tertiary alicyclic amines) is 1. The summed E-state index contributed by atoms with van der Waals surface area (Å²) in [4.78, 5) is 13.6. The van der Waals surface area contributed by atoms with Crippen LogP contribution in [-0.2, 0) is 0 Å². The molecule has 17 heavy (non-hydrogen) atoms. The summed E-state index contributed by atoms with van der Waals surface area (Å²) < 4.78 is 5.32. The molecule has 0 spiro atoms. The fourth-order valence-electron chi connectivity index (χ4n) is 1.93. The molecular weight excluding hydrogens is 216 g/mol. The van der Waals surface area contributed by atoms with Crippen molar-refractivity contribution in [3.8, 4) is 5.75 Å². The number of aryl methyl sites for hydroxylation is 1. The van der Waals surface area contributed by atoms with Crippen LogP contribution in [0.25, 0.3) is 0 Å². The van der Waals surface area contributed by atoms with Gasteiger partial charge >= 0.3 is 6.09 Å². The average Bonchev–Trinajstić information content (AvgIpc) is 2.29. The van der Waals surface area contributed by atoms with E-state index in [-0.39, 0.29) is 12.1 Å². The number of nitrogens with zero attached hydrogens (tertiary/aromatic N) is 1. The summed E-state index contributed by atoms with van der Waals surface area (Å²) in [5, 5.41) is 0. The first-order valence-electron chi connectivity index (χ1n) is 5.94. The number of amides is 1. The van der Waals surface area contributed by atoms with Gasteiger partial charge in [-0.2, -0.15) is 0 Å². The van der Waals surface area contributed by atoms with Gasteiger partial charge in [-0.25, -0.2) is 4.79 Å². The molecule has 1 fully saturated rings. The first-order chi connectivity index (χ1) is 8.15. The highest BCUT2D eigenvalue weighted by Gasteiger charge is 2.21. The molecule has 0 bridgehead atoms. The summed E-state index contributed by atoms with van der Waals surface area (Å²) in [7, 11) is 0. The molecule has 2 rings (SSSR count). The minimum atomic E-state index is -0.275. The molecule has 2 N–H and O–H groups in total. The highest BCUT2D eigenvalue weighted by molar-refractivity contribution is 5.70. The number of benzene rings is 1. The molecular formula is C13H18N2O2. The van der Waals surface area contributed by atoms with Gasteiger partial charge in [-0.1, -0.05) is 12.1 Å². The molecule has 1 aliphatic heterocycles. The van der Waals surface area contributed by atoms with Crippen LogP contribution in [-0.4, -0.2) is 30.1 Å². The Morgan fingerprint density at radius 3 is 2.76 bits per heavy atom. The SMILES string of the molecule is Cc1cccc(OC(=O)N2CCC(N)CC2)c1. The predicted octanol–water partition coefficient (Wildman–Crippen LogP) is 1.92. The number of carbonyl (C=O) groups is 1. The molecule has 1 aromatic rings. The Hall–Kier alpha value is -1.55. The monoisotopic (exact) mass is 234 g/mol. The molecule has 1 amide bonds. The summed E-state index contributed by atoms with van der Waals surface area (Å²) in [6.45, 7) is 3.34. The van der Waals surface area contributed by atoms with Crippen molar-refractivity contribution in [3.05, 3.63) is 29.8 Å². The molecule has 92 valence electrons. The Morgan fingerprint density at radius 2 is 2.12 bits per heavy atom. The second-order valence-corrected chi connectivity index (χ2v) is 4.51. The van der Waals surface area contributed by atoms with E-state index in [1.165, 1.54) is 0 Å². The van der Waals surface area contributed by atoms with Crippen LogP contribution >= 0.6 is 0 Å². The third kappa shape index (κ3) is 3.20. The Balaban J connectivity index is 1.93. The summed E-state index contributed by atoms with van der Waals surface area (Å²) in [6.07, 6.45) is 1.42. The smallest absolute Gasteiger partial charge is 0.410 e. The summed E-state index contributed by atoms with van der Waals surface area (Å²) >= 11 is 0. The van der Waals surface area contributed by atoms with Crippen LogP contribution in [0.2, 0.25) is 0 Å². The molecule has 1 heterocycles. The van der Waals surface area contributed by atoms with Crippen LogP contribution < -0.4 is 10.5 Å².